The first-order valence-corrected chi connectivity index (χ1v) is 5.79. The molecule has 0 saturated carbocycles. The Morgan fingerprint density at radius 2 is 2.17 bits per heavy atom. The van der Waals surface area contributed by atoms with Crippen LogP contribution in [0.2, 0.25) is 5.02 Å². The van der Waals surface area contributed by atoms with Crippen molar-refractivity contribution in [3.05, 3.63) is 41.3 Å². The van der Waals surface area contributed by atoms with Gasteiger partial charge in [0.05, 0.1) is 11.6 Å². The SMILES string of the molecule is Cc1ccc(Nc2ncnc3[nH]ncc23)cc1Cl. The van der Waals surface area contributed by atoms with Crippen molar-refractivity contribution in [2.75, 3.05) is 5.32 Å². The van der Waals surface area contributed by atoms with E-state index in [0.29, 0.717) is 11.5 Å². The highest BCUT2D eigenvalue weighted by atomic mass is 35.5. The van der Waals surface area contributed by atoms with E-state index in [-0.39, 0.29) is 0 Å². The van der Waals surface area contributed by atoms with Gasteiger partial charge >= 0.3 is 0 Å². The summed E-state index contributed by atoms with van der Waals surface area (Å²) >= 11 is 6.09. The second-order valence-electron chi connectivity index (χ2n) is 3.94. The summed E-state index contributed by atoms with van der Waals surface area (Å²) in [6, 6.07) is 5.78. The molecule has 0 fully saturated rings. The van der Waals surface area contributed by atoms with E-state index in [4.69, 9.17) is 11.6 Å². The summed E-state index contributed by atoms with van der Waals surface area (Å²) in [6.07, 6.45) is 3.17. The van der Waals surface area contributed by atoms with Crippen LogP contribution in [0.3, 0.4) is 0 Å². The van der Waals surface area contributed by atoms with Crippen molar-refractivity contribution >= 4 is 34.1 Å². The van der Waals surface area contributed by atoms with Crippen molar-refractivity contribution in [2.24, 2.45) is 0 Å². The van der Waals surface area contributed by atoms with Crippen LogP contribution in [0.15, 0.2) is 30.7 Å². The van der Waals surface area contributed by atoms with Crippen molar-refractivity contribution in [3.63, 3.8) is 0 Å². The van der Waals surface area contributed by atoms with Gasteiger partial charge in [0.25, 0.3) is 0 Å². The molecule has 90 valence electrons. The quantitative estimate of drug-likeness (QED) is 0.742. The van der Waals surface area contributed by atoms with E-state index in [1.807, 2.05) is 25.1 Å². The Balaban J connectivity index is 2.01. The molecule has 0 aliphatic rings. The summed E-state index contributed by atoms with van der Waals surface area (Å²) in [6.45, 7) is 1.96. The van der Waals surface area contributed by atoms with E-state index in [9.17, 15) is 0 Å². The van der Waals surface area contributed by atoms with Gasteiger partial charge in [-0.3, -0.25) is 5.10 Å². The molecule has 0 radical (unpaired) electrons. The number of halogens is 1. The van der Waals surface area contributed by atoms with Gasteiger partial charge in [0, 0.05) is 10.7 Å². The molecule has 2 N–H and O–H groups in total. The number of rotatable bonds is 2. The summed E-state index contributed by atoms with van der Waals surface area (Å²) in [4.78, 5) is 8.28. The number of aromatic amines is 1. The predicted molar refractivity (Wildman–Crippen MR) is 71.2 cm³/mol. The van der Waals surface area contributed by atoms with Gasteiger partial charge in [-0.05, 0) is 24.6 Å². The number of hydrogen-bond donors (Lipinski definition) is 2. The summed E-state index contributed by atoms with van der Waals surface area (Å²) in [5.41, 5.74) is 2.62. The van der Waals surface area contributed by atoms with E-state index in [0.717, 1.165) is 21.7 Å². The molecule has 18 heavy (non-hydrogen) atoms. The minimum Gasteiger partial charge on any atom is -0.339 e. The van der Waals surface area contributed by atoms with Crippen LogP contribution in [0.5, 0.6) is 0 Å². The highest BCUT2D eigenvalue weighted by Gasteiger charge is 2.06. The molecule has 0 atom stereocenters. The Hall–Kier alpha value is -2.14. The number of nitrogens with zero attached hydrogens (tertiary/aromatic N) is 3. The molecule has 0 amide bonds. The highest BCUT2D eigenvalue weighted by Crippen LogP contribution is 2.25. The first-order chi connectivity index (χ1) is 8.74. The predicted octanol–water partition coefficient (Wildman–Crippen LogP) is 3.06. The number of hydrogen-bond acceptors (Lipinski definition) is 4. The fourth-order valence-electron chi connectivity index (χ4n) is 1.67. The number of H-pyrrole nitrogens is 1. The number of fused-ring (bicyclic) bond motifs is 1. The van der Waals surface area contributed by atoms with Gasteiger partial charge in [-0.15, -0.1) is 0 Å². The summed E-state index contributed by atoms with van der Waals surface area (Å²) in [5, 5.41) is 11.5. The molecule has 0 saturated heterocycles. The monoisotopic (exact) mass is 259 g/mol. The molecule has 2 heterocycles. The van der Waals surface area contributed by atoms with Crippen molar-refractivity contribution in [2.45, 2.75) is 6.92 Å². The lowest BCUT2D eigenvalue weighted by atomic mass is 10.2. The van der Waals surface area contributed by atoms with Gasteiger partial charge in [-0.2, -0.15) is 5.10 Å². The molecule has 0 unspecified atom stereocenters. The largest absolute Gasteiger partial charge is 0.339 e. The van der Waals surface area contributed by atoms with Crippen LogP contribution in [0, 0.1) is 6.92 Å². The molecule has 2 aromatic heterocycles. The zero-order chi connectivity index (χ0) is 12.5. The molecule has 5 nitrogen and oxygen atoms in total. The Kier molecular flexibility index (Phi) is 2.60. The van der Waals surface area contributed by atoms with Crippen LogP contribution in [-0.4, -0.2) is 20.2 Å². The average molecular weight is 260 g/mol. The standard InChI is InChI=1S/C12H10ClN5/c1-7-2-3-8(4-10(7)13)17-11-9-5-16-18-12(9)15-6-14-11/h2-6H,1H3,(H2,14,15,16,17,18). The summed E-state index contributed by atoms with van der Waals surface area (Å²) in [5.74, 6) is 0.702. The minimum absolute atomic E-state index is 0.700. The maximum atomic E-state index is 6.09. The van der Waals surface area contributed by atoms with Crippen LogP contribution in [0.1, 0.15) is 5.56 Å². The third-order valence-electron chi connectivity index (χ3n) is 2.68. The first-order valence-electron chi connectivity index (χ1n) is 5.41. The summed E-state index contributed by atoms with van der Waals surface area (Å²) < 4.78 is 0. The van der Waals surface area contributed by atoms with Gasteiger partial charge in [0.2, 0.25) is 0 Å². The molecule has 0 bridgehead atoms. The minimum atomic E-state index is 0.700. The number of aryl methyl sites for hydroxylation is 1. The van der Waals surface area contributed by atoms with E-state index in [2.05, 4.69) is 25.5 Å². The molecule has 0 aliphatic carbocycles. The number of anilines is 2. The lowest BCUT2D eigenvalue weighted by Crippen LogP contribution is -1.95. The number of nitrogens with one attached hydrogen (secondary N) is 2. The molecule has 0 aliphatic heterocycles. The van der Waals surface area contributed by atoms with Gasteiger partial charge in [0.1, 0.15) is 12.1 Å². The maximum absolute atomic E-state index is 6.09. The second kappa shape index (κ2) is 4.27. The number of benzene rings is 1. The Bertz CT molecular complexity index is 707. The third kappa shape index (κ3) is 1.89. The Morgan fingerprint density at radius 1 is 1.28 bits per heavy atom. The van der Waals surface area contributed by atoms with Gasteiger partial charge in [-0.1, -0.05) is 17.7 Å². The van der Waals surface area contributed by atoms with Crippen LogP contribution < -0.4 is 5.32 Å². The smallest absolute Gasteiger partial charge is 0.160 e. The normalized spacial score (nSPS) is 10.8. The lowest BCUT2D eigenvalue weighted by Gasteiger charge is -2.07. The molecular formula is C12H10ClN5. The number of aromatic nitrogens is 4. The van der Waals surface area contributed by atoms with Crippen molar-refractivity contribution in [1.82, 2.24) is 20.2 Å². The van der Waals surface area contributed by atoms with Crippen LogP contribution >= 0.6 is 11.6 Å². The van der Waals surface area contributed by atoms with E-state index in [1.165, 1.54) is 6.33 Å². The van der Waals surface area contributed by atoms with Crippen LogP contribution in [0.25, 0.3) is 11.0 Å². The van der Waals surface area contributed by atoms with Crippen molar-refractivity contribution in [3.8, 4) is 0 Å². The van der Waals surface area contributed by atoms with Crippen LogP contribution in [-0.2, 0) is 0 Å². The fourth-order valence-corrected chi connectivity index (χ4v) is 1.85. The molecule has 6 heteroatoms. The molecule has 3 rings (SSSR count). The fraction of sp³-hybridized carbons (Fsp3) is 0.0833. The maximum Gasteiger partial charge on any atom is 0.160 e. The molecule has 3 aromatic rings. The van der Waals surface area contributed by atoms with Crippen molar-refractivity contribution in [1.29, 1.82) is 0 Å². The highest BCUT2D eigenvalue weighted by molar-refractivity contribution is 6.31. The second-order valence-corrected chi connectivity index (χ2v) is 4.35. The van der Waals surface area contributed by atoms with Gasteiger partial charge in [-0.25, -0.2) is 9.97 Å². The van der Waals surface area contributed by atoms with E-state index >= 15 is 0 Å². The van der Waals surface area contributed by atoms with Gasteiger partial charge < -0.3 is 5.32 Å². The topological polar surface area (TPSA) is 66.5 Å². The average Bonchev–Trinajstić information content (AvgIpc) is 2.83. The van der Waals surface area contributed by atoms with E-state index in [1.54, 1.807) is 6.20 Å². The summed E-state index contributed by atoms with van der Waals surface area (Å²) in [7, 11) is 0. The lowest BCUT2D eigenvalue weighted by molar-refractivity contribution is 1.09. The first kappa shape index (κ1) is 11.0. The Morgan fingerprint density at radius 3 is 3.00 bits per heavy atom. The molecule has 0 spiro atoms. The third-order valence-corrected chi connectivity index (χ3v) is 3.09. The molecule has 1 aromatic carbocycles. The zero-order valence-corrected chi connectivity index (χ0v) is 10.4. The zero-order valence-electron chi connectivity index (χ0n) is 9.61. The van der Waals surface area contributed by atoms with E-state index < -0.39 is 0 Å². The Labute approximate surface area is 108 Å². The molecular weight excluding hydrogens is 250 g/mol. The van der Waals surface area contributed by atoms with Crippen molar-refractivity contribution < 1.29 is 0 Å². The van der Waals surface area contributed by atoms with Crippen LogP contribution in [0.4, 0.5) is 11.5 Å². The van der Waals surface area contributed by atoms with Gasteiger partial charge in [0.15, 0.2) is 5.65 Å².